The molecule has 0 saturated carbocycles. The van der Waals surface area contributed by atoms with Crippen LogP contribution in [0.4, 0.5) is 4.79 Å². The van der Waals surface area contributed by atoms with Gasteiger partial charge in [0.25, 0.3) is 0 Å². The van der Waals surface area contributed by atoms with Gasteiger partial charge in [0.2, 0.25) is 0 Å². The first-order chi connectivity index (χ1) is 14.9. The number of amides is 1. The number of benzene rings is 2. The summed E-state index contributed by atoms with van der Waals surface area (Å²) in [5.41, 5.74) is 1.73. The van der Waals surface area contributed by atoms with Crippen LogP contribution in [0.15, 0.2) is 54.6 Å². The molecular weight excluding hydrogens is 390 g/mol. The van der Waals surface area contributed by atoms with Gasteiger partial charge in [-0.05, 0) is 69.7 Å². The molecule has 0 spiro atoms. The number of methoxy groups -OCH3 is 1. The average Bonchev–Trinajstić information content (AvgIpc) is 2.76. The Hall–Kier alpha value is -2.53. The van der Waals surface area contributed by atoms with Crippen LogP contribution in [-0.2, 0) is 16.1 Å². The molecule has 0 bridgehead atoms. The van der Waals surface area contributed by atoms with Gasteiger partial charge in [0.1, 0.15) is 11.4 Å². The maximum atomic E-state index is 12.8. The third kappa shape index (κ3) is 7.00. The van der Waals surface area contributed by atoms with Crippen molar-refractivity contribution < 1.29 is 19.0 Å². The van der Waals surface area contributed by atoms with Gasteiger partial charge in [-0.3, -0.25) is 0 Å². The summed E-state index contributed by atoms with van der Waals surface area (Å²) >= 11 is 0. The first-order valence-electron chi connectivity index (χ1n) is 11.1. The third-order valence-corrected chi connectivity index (χ3v) is 5.52. The summed E-state index contributed by atoms with van der Waals surface area (Å²) in [5, 5.41) is 0. The van der Waals surface area contributed by atoms with Crippen LogP contribution in [0.25, 0.3) is 0 Å². The summed E-state index contributed by atoms with van der Waals surface area (Å²) in [6.07, 6.45) is 3.52. The van der Waals surface area contributed by atoms with E-state index in [9.17, 15) is 4.79 Å². The molecule has 31 heavy (non-hydrogen) atoms. The van der Waals surface area contributed by atoms with E-state index >= 15 is 0 Å². The number of piperidine rings is 1. The lowest BCUT2D eigenvalue weighted by atomic mass is 9.94. The van der Waals surface area contributed by atoms with Crippen molar-refractivity contribution in [3.8, 4) is 5.75 Å². The van der Waals surface area contributed by atoms with Crippen LogP contribution in [0.1, 0.15) is 63.7 Å². The minimum Gasteiger partial charge on any atom is -0.497 e. The van der Waals surface area contributed by atoms with E-state index in [1.54, 1.807) is 7.11 Å². The second kappa shape index (κ2) is 10.7. The monoisotopic (exact) mass is 425 g/mol. The van der Waals surface area contributed by atoms with Crippen LogP contribution in [0.3, 0.4) is 0 Å². The highest BCUT2D eigenvalue weighted by Gasteiger charge is 2.32. The van der Waals surface area contributed by atoms with E-state index in [0.717, 1.165) is 49.1 Å². The molecule has 5 heteroatoms. The van der Waals surface area contributed by atoms with Crippen LogP contribution >= 0.6 is 0 Å². The molecule has 0 unspecified atom stereocenters. The molecule has 0 N–H and O–H groups in total. The van der Waals surface area contributed by atoms with E-state index in [-0.39, 0.29) is 18.2 Å². The molecule has 0 aromatic heterocycles. The number of carbonyl (C=O) groups excluding carboxylic acids is 1. The van der Waals surface area contributed by atoms with Crippen molar-refractivity contribution in [1.82, 2.24) is 4.90 Å². The van der Waals surface area contributed by atoms with Gasteiger partial charge in [0.05, 0.1) is 19.8 Å². The standard InChI is InChI=1S/C26H35NO4/c1-26(2,3)31-25(28)27-17-9-8-12-22(27)18-24(21-10-6-5-7-11-21)30-19-20-13-15-23(29-4)16-14-20/h5-7,10-11,13-16,22,24H,8-9,12,17-19H2,1-4H3/t22-,24-/m1/s1. The van der Waals surface area contributed by atoms with Crippen molar-refractivity contribution in [3.05, 3.63) is 65.7 Å². The Balaban J connectivity index is 1.72. The highest BCUT2D eigenvalue weighted by Crippen LogP contribution is 2.31. The molecule has 168 valence electrons. The quantitative estimate of drug-likeness (QED) is 0.535. The molecule has 1 fully saturated rings. The lowest BCUT2D eigenvalue weighted by molar-refractivity contribution is -0.0139. The van der Waals surface area contributed by atoms with Crippen molar-refractivity contribution in [2.45, 2.75) is 70.8 Å². The van der Waals surface area contributed by atoms with Crippen molar-refractivity contribution >= 4 is 6.09 Å². The van der Waals surface area contributed by atoms with Gasteiger partial charge in [-0.2, -0.15) is 0 Å². The molecule has 0 radical (unpaired) electrons. The molecule has 0 aliphatic carbocycles. The summed E-state index contributed by atoms with van der Waals surface area (Å²) in [5.74, 6) is 0.832. The van der Waals surface area contributed by atoms with Crippen LogP contribution in [0.2, 0.25) is 0 Å². The second-order valence-corrected chi connectivity index (χ2v) is 9.12. The highest BCUT2D eigenvalue weighted by atomic mass is 16.6. The molecule has 1 heterocycles. The molecule has 1 aliphatic rings. The summed E-state index contributed by atoms with van der Waals surface area (Å²) in [6.45, 7) is 6.97. The fourth-order valence-electron chi connectivity index (χ4n) is 3.94. The minimum absolute atomic E-state index is 0.101. The van der Waals surface area contributed by atoms with Crippen LogP contribution in [-0.4, -0.2) is 36.3 Å². The molecule has 1 amide bonds. The summed E-state index contributed by atoms with van der Waals surface area (Å²) in [7, 11) is 1.66. The Labute approximate surface area is 186 Å². The Morgan fingerprint density at radius 2 is 1.77 bits per heavy atom. The van der Waals surface area contributed by atoms with Gasteiger partial charge in [0, 0.05) is 12.6 Å². The molecule has 5 nitrogen and oxygen atoms in total. The Kier molecular flexibility index (Phi) is 7.97. The summed E-state index contributed by atoms with van der Waals surface area (Å²) < 4.78 is 17.3. The number of hydrogen-bond acceptors (Lipinski definition) is 4. The maximum absolute atomic E-state index is 12.8. The number of nitrogens with zero attached hydrogens (tertiary/aromatic N) is 1. The van der Waals surface area contributed by atoms with E-state index in [2.05, 4.69) is 12.1 Å². The van der Waals surface area contributed by atoms with Gasteiger partial charge in [-0.25, -0.2) is 4.79 Å². The fraction of sp³-hybridized carbons (Fsp3) is 0.500. The highest BCUT2D eigenvalue weighted by molar-refractivity contribution is 5.68. The molecule has 1 saturated heterocycles. The van der Waals surface area contributed by atoms with Crippen molar-refractivity contribution in [2.75, 3.05) is 13.7 Å². The molecule has 2 aromatic rings. The fourth-order valence-corrected chi connectivity index (χ4v) is 3.94. The van der Waals surface area contributed by atoms with Crippen LogP contribution in [0, 0.1) is 0 Å². The van der Waals surface area contributed by atoms with Crippen molar-refractivity contribution in [1.29, 1.82) is 0 Å². The van der Waals surface area contributed by atoms with Crippen molar-refractivity contribution in [2.24, 2.45) is 0 Å². The Morgan fingerprint density at radius 1 is 1.06 bits per heavy atom. The topological polar surface area (TPSA) is 48.0 Å². The zero-order chi connectivity index (χ0) is 22.3. The maximum Gasteiger partial charge on any atom is 0.410 e. The minimum atomic E-state index is -0.497. The SMILES string of the molecule is COc1ccc(CO[C@H](C[C@H]2CCCCN2C(=O)OC(C)(C)C)c2ccccc2)cc1. The predicted molar refractivity (Wildman–Crippen MR) is 122 cm³/mol. The molecule has 1 aliphatic heterocycles. The van der Waals surface area contributed by atoms with E-state index in [1.807, 2.05) is 68.1 Å². The number of hydrogen-bond donors (Lipinski definition) is 0. The summed E-state index contributed by atoms with van der Waals surface area (Å²) in [6, 6.07) is 18.3. The molecule has 2 aromatic carbocycles. The van der Waals surface area contributed by atoms with E-state index in [1.165, 1.54) is 0 Å². The van der Waals surface area contributed by atoms with Gasteiger partial charge in [0.15, 0.2) is 0 Å². The van der Waals surface area contributed by atoms with E-state index < -0.39 is 5.60 Å². The van der Waals surface area contributed by atoms with Crippen LogP contribution < -0.4 is 4.74 Å². The summed E-state index contributed by atoms with van der Waals surface area (Å²) in [4.78, 5) is 14.7. The van der Waals surface area contributed by atoms with E-state index in [4.69, 9.17) is 14.2 Å². The number of carbonyl (C=O) groups is 1. The van der Waals surface area contributed by atoms with Gasteiger partial charge < -0.3 is 19.1 Å². The van der Waals surface area contributed by atoms with Gasteiger partial charge in [-0.15, -0.1) is 0 Å². The van der Waals surface area contributed by atoms with Crippen LogP contribution in [0.5, 0.6) is 5.75 Å². The average molecular weight is 426 g/mol. The number of rotatable bonds is 7. The van der Waals surface area contributed by atoms with Crippen molar-refractivity contribution in [3.63, 3.8) is 0 Å². The van der Waals surface area contributed by atoms with Gasteiger partial charge >= 0.3 is 6.09 Å². The first-order valence-corrected chi connectivity index (χ1v) is 11.1. The third-order valence-electron chi connectivity index (χ3n) is 5.52. The number of ether oxygens (including phenoxy) is 3. The normalized spacial score (nSPS) is 17.8. The molecular formula is C26H35NO4. The largest absolute Gasteiger partial charge is 0.497 e. The first kappa shape index (κ1) is 23.1. The van der Waals surface area contributed by atoms with E-state index in [0.29, 0.717) is 6.61 Å². The Morgan fingerprint density at radius 3 is 2.42 bits per heavy atom. The zero-order valence-electron chi connectivity index (χ0n) is 19.2. The molecule has 2 atom stereocenters. The predicted octanol–water partition coefficient (Wildman–Crippen LogP) is 6.13. The second-order valence-electron chi connectivity index (χ2n) is 9.12. The lowest BCUT2D eigenvalue weighted by Crippen LogP contribution is -2.46. The molecule has 3 rings (SSSR count). The smallest absolute Gasteiger partial charge is 0.410 e. The Bertz CT molecular complexity index is 814. The zero-order valence-corrected chi connectivity index (χ0v) is 19.2. The lowest BCUT2D eigenvalue weighted by Gasteiger charge is -2.38. The number of likely N-dealkylation sites (tertiary alicyclic amines) is 1. The van der Waals surface area contributed by atoms with Gasteiger partial charge in [-0.1, -0.05) is 42.5 Å².